The summed E-state index contributed by atoms with van der Waals surface area (Å²) in [4.78, 5) is 6.92. The molecule has 0 heterocycles. The number of hydrogen-bond acceptors (Lipinski definition) is 5. The van der Waals surface area contributed by atoms with E-state index >= 15 is 0 Å². The van der Waals surface area contributed by atoms with Crippen molar-refractivity contribution < 1.29 is 14.2 Å². The van der Waals surface area contributed by atoms with Crippen LogP contribution in [0.25, 0.3) is 0 Å². The van der Waals surface area contributed by atoms with Crippen LogP contribution >= 0.6 is 24.0 Å². The molecule has 8 heteroatoms. The summed E-state index contributed by atoms with van der Waals surface area (Å²) in [6.07, 6.45) is 0.858. The Morgan fingerprint density at radius 2 is 1.79 bits per heavy atom. The fraction of sp³-hybridized carbons (Fsp3) is 0.480. The second kappa shape index (κ2) is 17.4. The zero-order valence-electron chi connectivity index (χ0n) is 20.3. The molecule has 2 N–H and O–H groups in total. The average Bonchev–Trinajstić information content (AvgIpc) is 2.81. The van der Waals surface area contributed by atoms with Crippen LogP contribution in [0.3, 0.4) is 0 Å². The van der Waals surface area contributed by atoms with E-state index in [4.69, 9.17) is 19.2 Å². The van der Waals surface area contributed by atoms with Gasteiger partial charge in [-0.05, 0) is 49.7 Å². The van der Waals surface area contributed by atoms with Gasteiger partial charge in [0.05, 0.1) is 20.3 Å². The number of benzene rings is 2. The van der Waals surface area contributed by atoms with E-state index in [1.165, 1.54) is 5.56 Å². The normalized spacial score (nSPS) is 11.1. The number of ether oxygens (including phenoxy) is 3. The third-order valence-corrected chi connectivity index (χ3v) is 4.96. The third-order valence-electron chi connectivity index (χ3n) is 4.96. The minimum Gasteiger partial charge on any atom is -0.496 e. The highest BCUT2D eigenvalue weighted by atomic mass is 127. The zero-order valence-corrected chi connectivity index (χ0v) is 22.6. The van der Waals surface area contributed by atoms with Crippen LogP contribution in [0.2, 0.25) is 0 Å². The molecule has 2 aromatic carbocycles. The second-order valence-corrected chi connectivity index (χ2v) is 7.48. The summed E-state index contributed by atoms with van der Waals surface area (Å²) < 4.78 is 16.4. The van der Waals surface area contributed by atoms with Crippen LogP contribution in [-0.2, 0) is 17.7 Å². The number of guanidine groups is 1. The van der Waals surface area contributed by atoms with E-state index in [-0.39, 0.29) is 24.0 Å². The number of aliphatic imine (C=N–C) groups is 1. The summed E-state index contributed by atoms with van der Waals surface area (Å²) in [6.45, 7) is 7.33. The van der Waals surface area contributed by atoms with Gasteiger partial charge < -0.3 is 29.7 Å². The van der Waals surface area contributed by atoms with Gasteiger partial charge in [-0.1, -0.05) is 30.3 Å². The molecule has 0 bridgehead atoms. The SMILES string of the molecule is CCNC(=NCc1cccc(OCCN(C)CCOC)c1)NCCc1ccccc1OC.I. The minimum atomic E-state index is 0. The second-order valence-electron chi connectivity index (χ2n) is 7.48. The van der Waals surface area contributed by atoms with E-state index in [1.54, 1.807) is 14.2 Å². The fourth-order valence-corrected chi connectivity index (χ4v) is 3.15. The molecular weight excluding hydrogens is 531 g/mol. The molecule has 184 valence electrons. The van der Waals surface area contributed by atoms with Gasteiger partial charge in [0.15, 0.2) is 5.96 Å². The Kier molecular flexibility index (Phi) is 15.3. The number of para-hydroxylation sites is 1. The van der Waals surface area contributed by atoms with Crippen molar-refractivity contribution in [2.75, 3.05) is 60.7 Å². The van der Waals surface area contributed by atoms with Crippen LogP contribution in [0.5, 0.6) is 11.5 Å². The average molecular weight is 571 g/mol. The third kappa shape index (κ3) is 11.6. The molecule has 2 aromatic rings. The maximum atomic E-state index is 5.91. The summed E-state index contributed by atoms with van der Waals surface area (Å²) >= 11 is 0. The van der Waals surface area contributed by atoms with Gasteiger partial charge in [0.25, 0.3) is 0 Å². The monoisotopic (exact) mass is 570 g/mol. The summed E-state index contributed by atoms with van der Waals surface area (Å²) in [5.41, 5.74) is 2.29. The van der Waals surface area contributed by atoms with Crippen molar-refractivity contribution in [3.05, 3.63) is 59.7 Å². The van der Waals surface area contributed by atoms with Crippen molar-refractivity contribution in [2.45, 2.75) is 19.9 Å². The molecule has 0 aliphatic heterocycles. The lowest BCUT2D eigenvalue weighted by Gasteiger charge is -2.16. The molecule has 0 unspecified atom stereocenters. The first-order chi connectivity index (χ1) is 15.7. The van der Waals surface area contributed by atoms with E-state index in [9.17, 15) is 0 Å². The summed E-state index contributed by atoms with van der Waals surface area (Å²) in [5, 5.41) is 6.71. The molecule has 0 saturated carbocycles. The molecule has 0 aromatic heterocycles. The maximum absolute atomic E-state index is 5.91. The van der Waals surface area contributed by atoms with E-state index in [0.717, 1.165) is 62.2 Å². The summed E-state index contributed by atoms with van der Waals surface area (Å²) in [6, 6.07) is 16.2. The molecular formula is C25H39IN4O3. The number of methoxy groups -OCH3 is 2. The highest BCUT2D eigenvalue weighted by molar-refractivity contribution is 14.0. The smallest absolute Gasteiger partial charge is 0.191 e. The molecule has 2 rings (SSSR count). The van der Waals surface area contributed by atoms with Crippen LogP contribution in [0.15, 0.2) is 53.5 Å². The van der Waals surface area contributed by atoms with Crippen molar-refractivity contribution in [3.63, 3.8) is 0 Å². The van der Waals surface area contributed by atoms with Crippen LogP contribution in [0, 0.1) is 0 Å². The van der Waals surface area contributed by atoms with Gasteiger partial charge in [-0.15, -0.1) is 24.0 Å². The standard InChI is InChI=1S/C25H38N4O3.HI/c1-5-26-25(27-14-13-22-10-6-7-12-24(22)31-4)28-20-21-9-8-11-23(19-21)32-18-16-29(2)15-17-30-3;/h6-12,19H,5,13-18,20H2,1-4H3,(H2,26,27,28);1H. The van der Waals surface area contributed by atoms with Crippen LogP contribution in [0.1, 0.15) is 18.1 Å². The zero-order chi connectivity index (χ0) is 23.0. The Balaban J connectivity index is 0.00000544. The Morgan fingerprint density at radius 3 is 2.55 bits per heavy atom. The first kappa shape index (κ1) is 29.0. The van der Waals surface area contributed by atoms with Gasteiger partial charge in [-0.25, -0.2) is 4.99 Å². The van der Waals surface area contributed by atoms with Crippen molar-refractivity contribution in [3.8, 4) is 11.5 Å². The Hall–Kier alpha value is -2.04. The number of hydrogen-bond donors (Lipinski definition) is 2. The lowest BCUT2D eigenvalue weighted by Crippen LogP contribution is -2.38. The number of rotatable bonds is 14. The molecule has 0 fully saturated rings. The molecule has 33 heavy (non-hydrogen) atoms. The molecule has 0 amide bonds. The molecule has 0 saturated heterocycles. The van der Waals surface area contributed by atoms with Crippen LogP contribution in [0.4, 0.5) is 0 Å². The number of likely N-dealkylation sites (N-methyl/N-ethyl adjacent to an activating group) is 1. The molecule has 7 nitrogen and oxygen atoms in total. The van der Waals surface area contributed by atoms with Gasteiger partial charge in [-0.3, -0.25) is 0 Å². The van der Waals surface area contributed by atoms with E-state index in [1.807, 2.05) is 30.3 Å². The van der Waals surface area contributed by atoms with Crippen molar-refractivity contribution in [2.24, 2.45) is 4.99 Å². The van der Waals surface area contributed by atoms with Gasteiger partial charge in [0.1, 0.15) is 18.1 Å². The number of nitrogens with one attached hydrogen (secondary N) is 2. The Morgan fingerprint density at radius 1 is 1.00 bits per heavy atom. The van der Waals surface area contributed by atoms with E-state index < -0.39 is 0 Å². The quantitative estimate of drug-likeness (QED) is 0.206. The topological polar surface area (TPSA) is 67.4 Å². The number of nitrogens with zero attached hydrogens (tertiary/aromatic N) is 2. The van der Waals surface area contributed by atoms with Gasteiger partial charge in [0, 0.05) is 33.3 Å². The highest BCUT2D eigenvalue weighted by Crippen LogP contribution is 2.17. The lowest BCUT2D eigenvalue weighted by molar-refractivity contribution is 0.150. The van der Waals surface area contributed by atoms with Crippen molar-refractivity contribution in [1.82, 2.24) is 15.5 Å². The molecule has 0 radical (unpaired) electrons. The fourth-order valence-electron chi connectivity index (χ4n) is 3.15. The minimum absolute atomic E-state index is 0. The van der Waals surface area contributed by atoms with Crippen LogP contribution in [-0.4, -0.2) is 71.5 Å². The maximum Gasteiger partial charge on any atom is 0.191 e. The Bertz CT molecular complexity index is 820. The van der Waals surface area contributed by atoms with Gasteiger partial charge in [0.2, 0.25) is 0 Å². The van der Waals surface area contributed by atoms with Gasteiger partial charge >= 0.3 is 0 Å². The molecule has 0 spiro atoms. The van der Waals surface area contributed by atoms with Gasteiger partial charge in [-0.2, -0.15) is 0 Å². The predicted molar refractivity (Wildman–Crippen MR) is 146 cm³/mol. The Labute approximate surface area is 215 Å². The summed E-state index contributed by atoms with van der Waals surface area (Å²) in [7, 11) is 5.49. The highest BCUT2D eigenvalue weighted by Gasteiger charge is 2.04. The predicted octanol–water partition coefficient (Wildman–Crippen LogP) is 3.57. The largest absolute Gasteiger partial charge is 0.496 e. The van der Waals surface area contributed by atoms with E-state index in [0.29, 0.717) is 13.2 Å². The van der Waals surface area contributed by atoms with Crippen molar-refractivity contribution >= 4 is 29.9 Å². The number of halogens is 1. The summed E-state index contributed by atoms with van der Waals surface area (Å²) in [5.74, 6) is 2.58. The van der Waals surface area contributed by atoms with Crippen molar-refractivity contribution in [1.29, 1.82) is 0 Å². The lowest BCUT2D eigenvalue weighted by atomic mass is 10.1. The first-order valence-electron chi connectivity index (χ1n) is 11.2. The first-order valence-corrected chi connectivity index (χ1v) is 11.2. The molecule has 0 aliphatic rings. The molecule has 0 aliphatic carbocycles. The molecule has 0 atom stereocenters. The van der Waals surface area contributed by atoms with Crippen LogP contribution < -0.4 is 20.1 Å². The van der Waals surface area contributed by atoms with E-state index in [2.05, 4.69) is 47.7 Å².